The van der Waals surface area contributed by atoms with Crippen LogP contribution in [-0.2, 0) is 13.8 Å². The maximum Gasteiger partial charge on any atom is 0.469 e. The Hall–Kier alpha value is 0.0949. The lowest BCUT2D eigenvalue weighted by molar-refractivity contribution is 0.0156. The van der Waals surface area contributed by atoms with E-state index in [0.29, 0.717) is 0 Å². The highest BCUT2D eigenvalue weighted by atomic mass is 31.2. The molecular weight excluding hydrogens is 222 g/mol. The van der Waals surface area contributed by atoms with Crippen LogP contribution in [0.5, 0.6) is 0 Å². The Balaban J connectivity index is 2.32. The zero-order valence-corrected chi connectivity index (χ0v) is 9.21. The lowest BCUT2D eigenvalue weighted by Gasteiger charge is -2.15. The molecule has 1 aliphatic rings. The number of hydrogen-bond acceptors (Lipinski definition) is 4. The van der Waals surface area contributed by atoms with Crippen LogP contribution >= 0.6 is 7.82 Å². The van der Waals surface area contributed by atoms with Crippen molar-refractivity contribution in [2.24, 2.45) is 5.92 Å². The van der Waals surface area contributed by atoms with E-state index in [1.807, 2.05) is 0 Å². The quantitative estimate of drug-likeness (QED) is 0.444. The highest BCUT2D eigenvalue weighted by Crippen LogP contribution is 2.36. The molecule has 0 amide bonds. The average Bonchev–Trinajstić information content (AvgIpc) is 2.32. The molecule has 0 bridgehead atoms. The predicted octanol–water partition coefficient (Wildman–Crippen LogP) is -0.624. The number of aliphatic hydroxyl groups excluding tert-OH is 1. The Morgan fingerprint density at radius 2 is 2.13 bits per heavy atom. The van der Waals surface area contributed by atoms with E-state index < -0.39 is 26.0 Å². The molecule has 8 heteroatoms. The summed E-state index contributed by atoms with van der Waals surface area (Å²) in [6.07, 6.45) is -1.05. The Bertz CT molecular complexity index is 256. The first-order valence-corrected chi connectivity index (χ1v) is 6.13. The molecule has 0 spiro atoms. The summed E-state index contributed by atoms with van der Waals surface area (Å²) in [5.74, 6) is -0.190. The van der Waals surface area contributed by atoms with Gasteiger partial charge in [0, 0.05) is 18.3 Å². The molecule has 0 aromatic rings. The van der Waals surface area contributed by atoms with E-state index in [4.69, 9.17) is 22.4 Å². The van der Waals surface area contributed by atoms with Gasteiger partial charge in [-0.15, -0.1) is 0 Å². The van der Waals surface area contributed by atoms with Crippen LogP contribution < -0.4 is 0 Å². The van der Waals surface area contributed by atoms with Gasteiger partial charge in [0.1, 0.15) is 7.85 Å². The molecule has 0 aromatic carbocycles. The molecule has 6 nitrogen and oxygen atoms in total. The van der Waals surface area contributed by atoms with Gasteiger partial charge in [0.25, 0.3) is 0 Å². The Morgan fingerprint density at radius 1 is 1.53 bits per heavy atom. The summed E-state index contributed by atoms with van der Waals surface area (Å²) < 4.78 is 19.8. The molecular formula is C7H14BO6P. The third-order valence-corrected chi connectivity index (χ3v) is 2.95. The fraction of sp³-hybridized carbons (Fsp3) is 1.00. The summed E-state index contributed by atoms with van der Waals surface area (Å²) in [6.45, 7) is 1.57. The minimum Gasteiger partial charge on any atom is -0.390 e. The Morgan fingerprint density at radius 3 is 2.53 bits per heavy atom. The molecule has 0 unspecified atom stereocenters. The van der Waals surface area contributed by atoms with Gasteiger partial charge < -0.3 is 19.6 Å². The normalized spacial score (nSPS) is 37.1. The van der Waals surface area contributed by atoms with E-state index in [9.17, 15) is 9.67 Å². The molecule has 2 radical (unpaired) electrons. The van der Waals surface area contributed by atoms with Crippen LogP contribution in [-0.4, -0.2) is 47.6 Å². The van der Waals surface area contributed by atoms with Gasteiger partial charge in [-0.05, 0) is 0 Å². The molecule has 1 fully saturated rings. The van der Waals surface area contributed by atoms with Gasteiger partial charge in [-0.2, -0.15) is 0 Å². The molecule has 1 saturated heterocycles. The van der Waals surface area contributed by atoms with Crippen LogP contribution in [0.2, 0.25) is 0 Å². The molecule has 86 valence electrons. The van der Waals surface area contributed by atoms with Crippen LogP contribution in [0.1, 0.15) is 13.3 Å². The van der Waals surface area contributed by atoms with Crippen LogP contribution in [0, 0.1) is 5.92 Å². The van der Waals surface area contributed by atoms with Crippen molar-refractivity contribution in [2.45, 2.75) is 31.6 Å². The standard InChI is InChI=1S/C7H14BO6P/c1-4-6(9)5(14-7(4)8)2-3-13-15(10,11)12/h4-7,9H,2-3H2,1H3,(H2,10,11,12)/t4-,5-,6+,7-/m1/s1. The number of phosphoric acid groups is 1. The first-order chi connectivity index (χ1) is 6.81. The van der Waals surface area contributed by atoms with Crippen molar-refractivity contribution in [3.8, 4) is 0 Å². The van der Waals surface area contributed by atoms with E-state index >= 15 is 0 Å². The van der Waals surface area contributed by atoms with Crippen LogP contribution in [0.25, 0.3) is 0 Å². The fourth-order valence-corrected chi connectivity index (χ4v) is 1.81. The third kappa shape index (κ3) is 3.87. The molecule has 15 heavy (non-hydrogen) atoms. The highest BCUT2D eigenvalue weighted by Gasteiger charge is 2.37. The Kier molecular flexibility index (Phi) is 4.34. The van der Waals surface area contributed by atoms with E-state index in [1.165, 1.54) is 0 Å². The van der Waals surface area contributed by atoms with Crippen molar-refractivity contribution >= 4 is 15.7 Å². The minimum atomic E-state index is -4.44. The Labute approximate surface area is 89.2 Å². The SMILES string of the molecule is [B][C@@H]1O[C@H](CCOP(=O)(O)O)[C@@H](O)[C@H]1C. The van der Waals surface area contributed by atoms with Crippen molar-refractivity contribution in [1.29, 1.82) is 0 Å². The number of aliphatic hydroxyl groups is 1. The summed E-state index contributed by atoms with van der Waals surface area (Å²) in [4.78, 5) is 16.8. The lowest BCUT2D eigenvalue weighted by atomic mass is 9.86. The van der Waals surface area contributed by atoms with Gasteiger partial charge in [-0.3, -0.25) is 4.52 Å². The number of ether oxygens (including phenoxy) is 1. The monoisotopic (exact) mass is 236 g/mol. The van der Waals surface area contributed by atoms with Crippen LogP contribution in [0.4, 0.5) is 0 Å². The average molecular weight is 236 g/mol. The van der Waals surface area contributed by atoms with Gasteiger partial charge in [-0.1, -0.05) is 6.92 Å². The summed E-state index contributed by atoms with van der Waals surface area (Å²) in [5.41, 5.74) is 0. The van der Waals surface area contributed by atoms with Crippen molar-refractivity contribution in [3.63, 3.8) is 0 Å². The molecule has 1 aliphatic heterocycles. The molecule has 4 atom stereocenters. The first kappa shape index (κ1) is 13.2. The molecule has 1 heterocycles. The van der Waals surface area contributed by atoms with Gasteiger partial charge in [0.15, 0.2) is 0 Å². The van der Waals surface area contributed by atoms with Gasteiger partial charge in [0.2, 0.25) is 0 Å². The third-order valence-electron chi connectivity index (χ3n) is 2.43. The predicted molar refractivity (Wildman–Crippen MR) is 52.2 cm³/mol. The number of phosphoric ester groups is 1. The van der Waals surface area contributed by atoms with E-state index in [-0.39, 0.29) is 18.9 Å². The molecule has 0 aromatic heterocycles. The molecule has 1 rings (SSSR count). The summed E-state index contributed by atoms with van der Waals surface area (Å²) in [5, 5.41) is 9.60. The first-order valence-electron chi connectivity index (χ1n) is 4.60. The van der Waals surface area contributed by atoms with Gasteiger partial charge in [0.05, 0.1) is 18.8 Å². The highest BCUT2D eigenvalue weighted by molar-refractivity contribution is 7.46. The largest absolute Gasteiger partial charge is 0.469 e. The summed E-state index contributed by atoms with van der Waals surface area (Å²) in [6, 6.07) is -0.542. The number of rotatable bonds is 4. The van der Waals surface area contributed by atoms with Gasteiger partial charge in [-0.25, -0.2) is 4.57 Å². The van der Waals surface area contributed by atoms with Crippen molar-refractivity contribution < 1.29 is 28.7 Å². The zero-order valence-electron chi connectivity index (χ0n) is 8.31. The van der Waals surface area contributed by atoms with E-state index in [1.54, 1.807) is 6.92 Å². The van der Waals surface area contributed by atoms with Crippen molar-refractivity contribution in [3.05, 3.63) is 0 Å². The van der Waals surface area contributed by atoms with Crippen LogP contribution in [0.3, 0.4) is 0 Å². The molecule has 0 aliphatic carbocycles. The van der Waals surface area contributed by atoms with Crippen LogP contribution in [0.15, 0.2) is 0 Å². The summed E-state index contributed by atoms with van der Waals surface area (Å²) >= 11 is 0. The van der Waals surface area contributed by atoms with Crippen molar-refractivity contribution in [1.82, 2.24) is 0 Å². The number of hydrogen-bond donors (Lipinski definition) is 3. The van der Waals surface area contributed by atoms with Crippen molar-refractivity contribution in [2.75, 3.05) is 6.61 Å². The molecule has 0 saturated carbocycles. The summed E-state index contributed by atoms with van der Waals surface area (Å²) in [7, 11) is 1.10. The second-order valence-corrected chi connectivity index (χ2v) is 4.84. The smallest absolute Gasteiger partial charge is 0.390 e. The lowest BCUT2D eigenvalue weighted by Crippen LogP contribution is -2.26. The fourth-order valence-electron chi connectivity index (χ4n) is 1.47. The maximum atomic E-state index is 10.4. The van der Waals surface area contributed by atoms with Gasteiger partial charge >= 0.3 is 7.82 Å². The maximum absolute atomic E-state index is 10.4. The second kappa shape index (κ2) is 4.95. The zero-order chi connectivity index (χ0) is 11.6. The van der Waals surface area contributed by atoms with E-state index in [2.05, 4.69) is 4.52 Å². The minimum absolute atomic E-state index is 0.175. The van der Waals surface area contributed by atoms with E-state index in [0.717, 1.165) is 0 Å². The topological polar surface area (TPSA) is 96.2 Å². The molecule has 3 N–H and O–H groups in total. The second-order valence-electron chi connectivity index (χ2n) is 3.60.